The van der Waals surface area contributed by atoms with Gasteiger partial charge in [-0.15, -0.1) is 0 Å². The number of benzene rings is 2. The van der Waals surface area contributed by atoms with Crippen molar-refractivity contribution in [1.29, 1.82) is 0 Å². The van der Waals surface area contributed by atoms with Gasteiger partial charge in [-0.2, -0.15) is 0 Å². The molecule has 0 spiro atoms. The molecule has 2 atom stereocenters. The molecule has 0 saturated carbocycles. The van der Waals surface area contributed by atoms with Gasteiger partial charge in [-0.05, 0) is 50.2 Å². The smallest absolute Gasteiger partial charge is 0.188 e. The quantitative estimate of drug-likeness (QED) is 0.780. The van der Waals surface area contributed by atoms with E-state index >= 15 is 0 Å². The lowest BCUT2D eigenvalue weighted by molar-refractivity contribution is 0.156. The van der Waals surface area contributed by atoms with Gasteiger partial charge in [0, 0.05) is 11.4 Å². The van der Waals surface area contributed by atoms with E-state index in [-0.39, 0.29) is 22.6 Å². The van der Waals surface area contributed by atoms with E-state index in [1.165, 1.54) is 31.2 Å². The first-order valence-corrected chi connectivity index (χ1v) is 9.18. The van der Waals surface area contributed by atoms with Gasteiger partial charge in [-0.3, -0.25) is 0 Å². The maximum atomic E-state index is 14.5. The van der Waals surface area contributed by atoms with E-state index in [4.69, 9.17) is 16.3 Å². The molecular formula is C17H15ClF2O3S. The first-order chi connectivity index (χ1) is 11.2. The molecule has 7 heteroatoms. The molecular weight excluding hydrogens is 358 g/mol. The summed E-state index contributed by atoms with van der Waals surface area (Å²) in [6.45, 7) is 3.03. The molecule has 0 radical (unpaired) electrons. The highest BCUT2D eigenvalue weighted by Crippen LogP contribution is 2.49. The van der Waals surface area contributed by atoms with Crippen molar-refractivity contribution in [3.05, 3.63) is 58.6 Å². The van der Waals surface area contributed by atoms with Crippen molar-refractivity contribution in [2.75, 3.05) is 0 Å². The lowest BCUT2D eigenvalue weighted by Crippen LogP contribution is -2.42. The molecule has 0 bridgehead atoms. The molecule has 1 heterocycles. The molecule has 2 aromatic rings. The zero-order valence-electron chi connectivity index (χ0n) is 13.0. The molecule has 24 heavy (non-hydrogen) atoms. The third kappa shape index (κ3) is 2.48. The number of fused-ring (bicyclic) bond motifs is 1. The normalized spacial score (nSPS) is 23.5. The Morgan fingerprint density at radius 1 is 1.12 bits per heavy atom. The molecule has 2 aromatic carbocycles. The van der Waals surface area contributed by atoms with Gasteiger partial charge in [0.2, 0.25) is 0 Å². The van der Waals surface area contributed by atoms with Crippen molar-refractivity contribution in [3.63, 3.8) is 0 Å². The van der Waals surface area contributed by atoms with Crippen LogP contribution in [0.1, 0.15) is 25.8 Å². The number of ether oxygens (including phenoxy) is 1. The van der Waals surface area contributed by atoms with Crippen LogP contribution in [0.2, 0.25) is 5.02 Å². The molecule has 0 aromatic heterocycles. The number of hydrogen-bond acceptors (Lipinski definition) is 3. The van der Waals surface area contributed by atoms with Gasteiger partial charge in [0.15, 0.2) is 21.4 Å². The van der Waals surface area contributed by atoms with Crippen LogP contribution in [0.3, 0.4) is 0 Å². The fraction of sp³-hybridized carbons (Fsp3) is 0.294. The fourth-order valence-corrected chi connectivity index (χ4v) is 5.21. The molecule has 2 unspecified atom stereocenters. The van der Waals surface area contributed by atoms with Gasteiger partial charge < -0.3 is 4.74 Å². The van der Waals surface area contributed by atoms with Gasteiger partial charge in [0.05, 0.1) is 16.6 Å². The monoisotopic (exact) mass is 372 g/mol. The molecule has 0 N–H and O–H groups in total. The van der Waals surface area contributed by atoms with Crippen LogP contribution in [0.25, 0.3) is 0 Å². The summed E-state index contributed by atoms with van der Waals surface area (Å²) in [6, 6.07) is 7.47. The van der Waals surface area contributed by atoms with E-state index in [1.807, 2.05) is 0 Å². The molecule has 1 aliphatic heterocycles. The van der Waals surface area contributed by atoms with E-state index < -0.39 is 32.3 Å². The summed E-state index contributed by atoms with van der Waals surface area (Å²) in [5, 5.41) is 0.386. The summed E-state index contributed by atoms with van der Waals surface area (Å²) in [4.78, 5) is -0.00175. The fourth-order valence-electron chi connectivity index (χ4n) is 3.15. The summed E-state index contributed by atoms with van der Waals surface area (Å²) in [7, 11) is -4.01. The second kappa shape index (κ2) is 5.70. The topological polar surface area (TPSA) is 43.4 Å². The van der Waals surface area contributed by atoms with Crippen molar-refractivity contribution >= 4 is 21.4 Å². The van der Waals surface area contributed by atoms with Crippen LogP contribution in [-0.2, 0) is 14.6 Å². The first kappa shape index (κ1) is 17.2. The molecule has 0 aliphatic carbocycles. The predicted octanol–water partition coefficient (Wildman–Crippen LogP) is 4.48. The van der Waals surface area contributed by atoms with Crippen LogP contribution in [0.15, 0.2) is 41.3 Å². The number of rotatable bonds is 2. The molecule has 0 saturated heterocycles. The molecule has 128 valence electrons. The summed E-state index contributed by atoms with van der Waals surface area (Å²) >= 11 is 5.81. The SMILES string of the molecule is CC1CC(C)(S(=O)(=O)c2ccc(Cl)cc2)c2c(F)ccc(F)c2O1. The zero-order chi connectivity index (χ0) is 17.7. The second-order valence-corrected chi connectivity index (χ2v) is 8.87. The van der Waals surface area contributed by atoms with Crippen molar-refractivity contribution < 1.29 is 21.9 Å². The van der Waals surface area contributed by atoms with E-state index in [0.29, 0.717) is 5.02 Å². The summed E-state index contributed by atoms with van der Waals surface area (Å²) in [5.74, 6) is -1.93. The third-order valence-electron chi connectivity index (χ3n) is 4.30. The van der Waals surface area contributed by atoms with Crippen LogP contribution in [0.5, 0.6) is 5.75 Å². The average molecular weight is 373 g/mol. The van der Waals surface area contributed by atoms with E-state index in [1.54, 1.807) is 6.92 Å². The predicted molar refractivity (Wildman–Crippen MR) is 87.1 cm³/mol. The molecule has 0 fully saturated rings. The molecule has 0 amide bonds. The Hall–Kier alpha value is -1.66. The van der Waals surface area contributed by atoms with E-state index in [9.17, 15) is 17.2 Å². The minimum absolute atomic E-state index is 0.00175. The molecule has 3 rings (SSSR count). The van der Waals surface area contributed by atoms with Gasteiger partial charge in [0.1, 0.15) is 10.6 Å². The minimum atomic E-state index is -4.01. The Morgan fingerprint density at radius 2 is 1.71 bits per heavy atom. The van der Waals surface area contributed by atoms with Gasteiger partial charge in [-0.1, -0.05) is 11.6 Å². The Kier molecular flexibility index (Phi) is 4.08. The van der Waals surface area contributed by atoms with Gasteiger partial charge in [0.25, 0.3) is 0 Å². The average Bonchev–Trinajstić information content (AvgIpc) is 2.51. The van der Waals surface area contributed by atoms with Crippen LogP contribution in [-0.4, -0.2) is 14.5 Å². The maximum Gasteiger partial charge on any atom is 0.188 e. The molecule has 3 nitrogen and oxygen atoms in total. The second-order valence-electron chi connectivity index (χ2n) is 6.05. The van der Waals surface area contributed by atoms with Crippen LogP contribution in [0.4, 0.5) is 8.78 Å². The number of hydrogen-bond donors (Lipinski definition) is 0. The number of sulfone groups is 1. The summed E-state index contributed by atoms with van der Waals surface area (Å²) in [6.07, 6.45) is -0.577. The highest BCUT2D eigenvalue weighted by atomic mass is 35.5. The van der Waals surface area contributed by atoms with Crippen molar-refractivity contribution in [3.8, 4) is 5.75 Å². The van der Waals surface area contributed by atoms with Crippen molar-refractivity contribution in [2.24, 2.45) is 0 Å². The lowest BCUT2D eigenvalue weighted by Gasteiger charge is -2.38. The lowest BCUT2D eigenvalue weighted by atomic mass is 9.90. The summed E-state index contributed by atoms with van der Waals surface area (Å²) in [5.41, 5.74) is -0.268. The Balaban J connectivity index is 2.28. The Labute approximate surface area is 144 Å². The van der Waals surface area contributed by atoms with Crippen molar-refractivity contribution in [2.45, 2.75) is 36.0 Å². The van der Waals surface area contributed by atoms with E-state index in [0.717, 1.165) is 12.1 Å². The largest absolute Gasteiger partial charge is 0.487 e. The highest BCUT2D eigenvalue weighted by molar-refractivity contribution is 7.92. The molecule has 1 aliphatic rings. The van der Waals surface area contributed by atoms with Crippen LogP contribution >= 0.6 is 11.6 Å². The van der Waals surface area contributed by atoms with Gasteiger partial charge >= 0.3 is 0 Å². The zero-order valence-corrected chi connectivity index (χ0v) is 14.6. The third-order valence-corrected chi connectivity index (χ3v) is 7.00. The number of halogens is 3. The van der Waals surface area contributed by atoms with Gasteiger partial charge in [-0.25, -0.2) is 17.2 Å². The first-order valence-electron chi connectivity index (χ1n) is 7.32. The summed E-state index contributed by atoms with van der Waals surface area (Å²) < 4.78 is 58.7. The Bertz CT molecular complexity index is 897. The van der Waals surface area contributed by atoms with Crippen LogP contribution in [0, 0.1) is 11.6 Å². The van der Waals surface area contributed by atoms with E-state index in [2.05, 4.69) is 0 Å². The highest BCUT2D eigenvalue weighted by Gasteiger charge is 2.50. The Morgan fingerprint density at radius 3 is 2.33 bits per heavy atom. The van der Waals surface area contributed by atoms with Crippen LogP contribution < -0.4 is 4.74 Å². The standard InChI is InChI=1S/C17H15ClF2O3S/c1-10-9-17(2,15-13(19)7-8-14(20)16(15)23-10)24(21,22)12-5-3-11(18)4-6-12/h3-8,10H,9H2,1-2H3. The minimum Gasteiger partial charge on any atom is -0.487 e. The maximum absolute atomic E-state index is 14.5. The van der Waals surface area contributed by atoms with Crippen molar-refractivity contribution in [1.82, 2.24) is 0 Å².